The van der Waals surface area contributed by atoms with Gasteiger partial charge in [-0.05, 0) is 30.4 Å². The molecule has 5 nitrogen and oxygen atoms in total. The lowest BCUT2D eigenvalue weighted by atomic mass is 9.87. The van der Waals surface area contributed by atoms with E-state index < -0.39 is 11.2 Å². The number of benzene rings is 1. The first-order chi connectivity index (χ1) is 11.7. The Balaban J connectivity index is 1.97. The number of para-hydroxylation sites is 1. The first kappa shape index (κ1) is 19.2. The Hall–Kier alpha value is -2.11. The third-order valence-electron chi connectivity index (χ3n) is 4.59. The van der Waals surface area contributed by atoms with Crippen LogP contribution in [-0.2, 0) is 14.3 Å². The normalized spacial score (nSPS) is 16.7. The van der Waals surface area contributed by atoms with Gasteiger partial charge in [-0.25, -0.2) is 4.39 Å². The average molecular weight is 351 g/mol. The fourth-order valence-electron chi connectivity index (χ4n) is 2.62. The first-order valence-corrected chi connectivity index (χ1v) is 8.43. The number of rotatable bonds is 7. The van der Waals surface area contributed by atoms with Crippen molar-refractivity contribution in [1.82, 2.24) is 5.32 Å². The summed E-state index contributed by atoms with van der Waals surface area (Å²) in [6.45, 7) is 6.04. The molecule has 1 saturated carbocycles. The van der Waals surface area contributed by atoms with Gasteiger partial charge >= 0.3 is 5.97 Å². The fourth-order valence-corrected chi connectivity index (χ4v) is 2.62. The summed E-state index contributed by atoms with van der Waals surface area (Å²) < 4.78 is 24.0. The topological polar surface area (TPSA) is 64.6 Å². The molecule has 1 aliphatic rings. The van der Waals surface area contributed by atoms with Crippen LogP contribution >= 0.6 is 0 Å². The van der Waals surface area contributed by atoms with E-state index in [-0.39, 0.29) is 42.1 Å². The van der Waals surface area contributed by atoms with Gasteiger partial charge in [0.1, 0.15) is 6.61 Å². The molecule has 0 spiro atoms. The highest BCUT2D eigenvalue weighted by Crippen LogP contribution is 2.49. The van der Waals surface area contributed by atoms with Crippen LogP contribution in [0.15, 0.2) is 24.3 Å². The summed E-state index contributed by atoms with van der Waals surface area (Å²) >= 11 is 0. The summed E-state index contributed by atoms with van der Waals surface area (Å²) in [4.78, 5) is 24.2. The standard InChI is InChI=1S/C19H26FNO4/c1-18(2,3)15(12-25-14-8-6-5-7-13(14)20)21-16(22)11-19(9-10-19)17(23)24-4/h5-8,15H,9-12H2,1-4H3,(H,21,22). The third-order valence-corrected chi connectivity index (χ3v) is 4.59. The van der Waals surface area contributed by atoms with Gasteiger partial charge in [-0.2, -0.15) is 0 Å². The molecule has 1 aliphatic carbocycles. The van der Waals surface area contributed by atoms with Crippen LogP contribution in [0.4, 0.5) is 4.39 Å². The van der Waals surface area contributed by atoms with Crippen molar-refractivity contribution in [3.63, 3.8) is 0 Å². The predicted molar refractivity (Wildman–Crippen MR) is 91.6 cm³/mol. The van der Waals surface area contributed by atoms with E-state index in [2.05, 4.69) is 5.32 Å². The maximum atomic E-state index is 13.7. The summed E-state index contributed by atoms with van der Waals surface area (Å²) in [5.41, 5.74) is -0.962. The maximum Gasteiger partial charge on any atom is 0.312 e. The molecule has 0 aliphatic heterocycles. The zero-order valence-electron chi connectivity index (χ0n) is 15.2. The van der Waals surface area contributed by atoms with E-state index in [1.807, 2.05) is 20.8 Å². The van der Waals surface area contributed by atoms with Gasteiger partial charge in [-0.1, -0.05) is 32.9 Å². The molecular weight excluding hydrogens is 325 g/mol. The van der Waals surface area contributed by atoms with Gasteiger partial charge in [0.25, 0.3) is 0 Å². The molecule has 1 aromatic carbocycles. The van der Waals surface area contributed by atoms with E-state index in [1.165, 1.54) is 13.2 Å². The molecule has 0 aromatic heterocycles. The van der Waals surface area contributed by atoms with Crippen molar-refractivity contribution in [3.8, 4) is 5.75 Å². The van der Waals surface area contributed by atoms with Crippen molar-refractivity contribution in [3.05, 3.63) is 30.1 Å². The second-order valence-corrected chi connectivity index (χ2v) is 7.68. The maximum absolute atomic E-state index is 13.7. The molecule has 1 aromatic rings. The summed E-state index contributed by atoms with van der Waals surface area (Å²) in [5.74, 6) is -0.846. The summed E-state index contributed by atoms with van der Waals surface area (Å²) in [6.07, 6.45) is 1.43. The number of hydrogen-bond donors (Lipinski definition) is 1. The lowest BCUT2D eigenvalue weighted by molar-refractivity contribution is -0.149. The van der Waals surface area contributed by atoms with Crippen LogP contribution in [0.25, 0.3) is 0 Å². The lowest BCUT2D eigenvalue weighted by Crippen LogP contribution is -2.48. The number of carbonyl (C=O) groups excluding carboxylic acids is 2. The van der Waals surface area contributed by atoms with Gasteiger partial charge in [0.2, 0.25) is 5.91 Å². The molecule has 1 N–H and O–H groups in total. The summed E-state index contributed by atoms with van der Waals surface area (Å²) in [7, 11) is 1.33. The fraction of sp³-hybridized carbons (Fsp3) is 0.579. The zero-order chi connectivity index (χ0) is 18.7. The molecule has 25 heavy (non-hydrogen) atoms. The van der Waals surface area contributed by atoms with E-state index in [4.69, 9.17) is 9.47 Å². The number of amides is 1. The van der Waals surface area contributed by atoms with E-state index >= 15 is 0 Å². The van der Waals surface area contributed by atoms with Crippen LogP contribution in [0, 0.1) is 16.6 Å². The Bertz CT molecular complexity index is 635. The molecule has 1 amide bonds. The molecule has 2 rings (SSSR count). The van der Waals surface area contributed by atoms with Gasteiger partial charge in [0.15, 0.2) is 11.6 Å². The minimum absolute atomic E-state index is 0.103. The third kappa shape index (κ3) is 4.94. The van der Waals surface area contributed by atoms with Crippen molar-refractivity contribution >= 4 is 11.9 Å². The highest BCUT2D eigenvalue weighted by Gasteiger charge is 2.52. The van der Waals surface area contributed by atoms with Crippen LogP contribution < -0.4 is 10.1 Å². The van der Waals surface area contributed by atoms with Gasteiger partial charge in [0, 0.05) is 6.42 Å². The second-order valence-electron chi connectivity index (χ2n) is 7.68. The largest absolute Gasteiger partial charge is 0.488 e. The minimum Gasteiger partial charge on any atom is -0.488 e. The van der Waals surface area contributed by atoms with Crippen LogP contribution in [0.2, 0.25) is 0 Å². The Labute approximate surface area is 147 Å². The van der Waals surface area contributed by atoms with Crippen LogP contribution in [-0.4, -0.2) is 31.6 Å². The van der Waals surface area contributed by atoms with Crippen LogP contribution in [0.1, 0.15) is 40.0 Å². The average Bonchev–Trinajstić information content (AvgIpc) is 3.31. The highest BCUT2D eigenvalue weighted by atomic mass is 19.1. The predicted octanol–water partition coefficient (Wildman–Crippen LogP) is 3.08. The number of ether oxygens (including phenoxy) is 2. The Kier molecular flexibility index (Phi) is 5.70. The Morgan fingerprint density at radius 3 is 2.44 bits per heavy atom. The number of halogens is 1. The monoisotopic (exact) mass is 351 g/mol. The number of nitrogens with one attached hydrogen (secondary N) is 1. The molecule has 138 valence electrons. The van der Waals surface area contributed by atoms with Gasteiger partial charge in [-0.15, -0.1) is 0 Å². The Morgan fingerprint density at radius 1 is 1.28 bits per heavy atom. The van der Waals surface area contributed by atoms with Crippen molar-refractivity contribution in [2.45, 2.75) is 46.1 Å². The molecular formula is C19H26FNO4. The van der Waals surface area contributed by atoms with Gasteiger partial charge in [0.05, 0.1) is 18.6 Å². The first-order valence-electron chi connectivity index (χ1n) is 8.43. The molecule has 1 unspecified atom stereocenters. The molecule has 0 bridgehead atoms. The molecule has 1 fully saturated rings. The number of carbonyl (C=O) groups is 2. The molecule has 6 heteroatoms. The second kappa shape index (κ2) is 7.42. The smallest absolute Gasteiger partial charge is 0.312 e. The number of hydrogen-bond acceptors (Lipinski definition) is 4. The molecule has 0 heterocycles. The van der Waals surface area contributed by atoms with E-state index in [0.717, 1.165) is 0 Å². The summed E-state index contributed by atoms with van der Waals surface area (Å²) in [5, 5.41) is 2.93. The van der Waals surface area contributed by atoms with E-state index in [0.29, 0.717) is 12.8 Å². The van der Waals surface area contributed by atoms with E-state index in [9.17, 15) is 14.0 Å². The van der Waals surface area contributed by atoms with Gasteiger partial charge in [-0.3, -0.25) is 9.59 Å². The molecule has 1 atom stereocenters. The van der Waals surface area contributed by atoms with Crippen molar-refractivity contribution in [2.75, 3.05) is 13.7 Å². The summed E-state index contributed by atoms with van der Waals surface area (Å²) in [6, 6.07) is 5.83. The Morgan fingerprint density at radius 2 is 1.92 bits per heavy atom. The minimum atomic E-state index is -0.673. The highest BCUT2D eigenvalue weighted by molar-refractivity contribution is 5.88. The SMILES string of the molecule is COC(=O)C1(CC(=O)NC(COc2ccccc2F)C(C)(C)C)CC1. The van der Waals surface area contributed by atoms with Gasteiger partial charge < -0.3 is 14.8 Å². The van der Waals surface area contributed by atoms with Crippen LogP contribution in [0.5, 0.6) is 5.75 Å². The quantitative estimate of drug-likeness (QED) is 0.767. The molecule has 0 saturated heterocycles. The molecule has 0 radical (unpaired) electrons. The van der Waals surface area contributed by atoms with Crippen molar-refractivity contribution < 1.29 is 23.5 Å². The van der Waals surface area contributed by atoms with Crippen molar-refractivity contribution in [1.29, 1.82) is 0 Å². The van der Waals surface area contributed by atoms with E-state index in [1.54, 1.807) is 18.2 Å². The lowest BCUT2D eigenvalue weighted by Gasteiger charge is -2.31. The number of esters is 1. The van der Waals surface area contributed by atoms with Crippen LogP contribution in [0.3, 0.4) is 0 Å². The zero-order valence-corrected chi connectivity index (χ0v) is 15.2. The van der Waals surface area contributed by atoms with Crippen molar-refractivity contribution in [2.24, 2.45) is 10.8 Å². The number of methoxy groups -OCH3 is 1.